The van der Waals surface area contributed by atoms with E-state index in [9.17, 15) is 0 Å². The molecule has 1 aromatic carbocycles. The number of aromatic nitrogens is 2. The molecule has 12 heavy (non-hydrogen) atoms. The Kier molecular flexibility index (Phi) is 2.14. The van der Waals surface area contributed by atoms with Crippen molar-refractivity contribution >= 4 is 45.1 Å². The number of nitrogens with zero attached hydrogens (tertiary/aromatic N) is 2. The molecule has 1 aromatic heterocycles. The van der Waals surface area contributed by atoms with Crippen molar-refractivity contribution in [2.24, 2.45) is 0 Å². The van der Waals surface area contributed by atoms with E-state index in [4.69, 9.17) is 11.6 Å². The van der Waals surface area contributed by atoms with E-state index in [0.29, 0.717) is 5.02 Å². The van der Waals surface area contributed by atoms with Gasteiger partial charge in [-0.25, -0.2) is 0 Å². The molecule has 60 valence electrons. The summed E-state index contributed by atoms with van der Waals surface area (Å²) in [4.78, 5) is 0. The lowest BCUT2D eigenvalue weighted by atomic mass is 10.2. The Labute approximate surface area is 88.1 Å². The average molecular weight is 290 g/mol. The molecule has 2 nitrogen and oxygen atoms in total. The molecule has 0 aliphatic rings. The zero-order valence-corrected chi connectivity index (χ0v) is 8.87. The van der Waals surface area contributed by atoms with Crippen molar-refractivity contribution in [3.63, 3.8) is 0 Å². The van der Waals surface area contributed by atoms with Crippen LogP contribution < -0.4 is 0 Å². The maximum absolute atomic E-state index is 5.79. The van der Waals surface area contributed by atoms with Gasteiger partial charge in [0.15, 0.2) is 0 Å². The van der Waals surface area contributed by atoms with Crippen LogP contribution in [0.25, 0.3) is 10.9 Å². The Hall–Kier alpha value is -0.420. The predicted octanol–water partition coefficient (Wildman–Crippen LogP) is 2.89. The molecule has 0 aliphatic carbocycles. The molecular formula is C8H4ClIN2. The summed E-state index contributed by atoms with van der Waals surface area (Å²) in [6.07, 6.45) is 0. The Morgan fingerprint density at radius 2 is 2.00 bits per heavy atom. The molecule has 0 saturated carbocycles. The van der Waals surface area contributed by atoms with Gasteiger partial charge in [0.2, 0.25) is 0 Å². The molecule has 0 radical (unpaired) electrons. The highest BCUT2D eigenvalue weighted by Gasteiger charge is 1.97. The van der Waals surface area contributed by atoms with Crippen molar-refractivity contribution < 1.29 is 0 Å². The third-order valence-electron chi connectivity index (χ3n) is 1.52. The number of fused-ring (bicyclic) bond motifs is 1. The molecule has 0 bridgehead atoms. The fourth-order valence-corrected chi connectivity index (χ4v) is 1.59. The number of hydrogen-bond donors (Lipinski definition) is 0. The summed E-state index contributed by atoms with van der Waals surface area (Å²) in [6.45, 7) is 0. The lowest BCUT2D eigenvalue weighted by molar-refractivity contribution is 1.04. The van der Waals surface area contributed by atoms with E-state index in [0.717, 1.165) is 14.6 Å². The Morgan fingerprint density at radius 1 is 1.17 bits per heavy atom. The van der Waals surface area contributed by atoms with Gasteiger partial charge in [-0.2, -0.15) is 0 Å². The van der Waals surface area contributed by atoms with Gasteiger partial charge in [0, 0.05) is 10.4 Å². The van der Waals surface area contributed by atoms with E-state index >= 15 is 0 Å². The highest BCUT2D eigenvalue weighted by atomic mass is 127. The van der Waals surface area contributed by atoms with Crippen LogP contribution in [0.15, 0.2) is 24.3 Å². The first-order valence-corrected chi connectivity index (χ1v) is 4.80. The van der Waals surface area contributed by atoms with Gasteiger partial charge in [-0.15, -0.1) is 10.2 Å². The minimum atomic E-state index is 0.693. The molecule has 0 atom stereocenters. The second-order valence-corrected chi connectivity index (χ2v) is 3.91. The Morgan fingerprint density at radius 3 is 2.83 bits per heavy atom. The van der Waals surface area contributed by atoms with Gasteiger partial charge in [0.1, 0.15) is 3.70 Å². The van der Waals surface area contributed by atoms with Gasteiger partial charge in [-0.05, 0) is 40.8 Å². The SMILES string of the molecule is Clc1ccc2cc(I)nnc2c1. The van der Waals surface area contributed by atoms with Crippen molar-refractivity contribution in [3.05, 3.63) is 33.0 Å². The van der Waals surface area contributed by atoms with Gasteiger partial charge >= 0.3 is 0 Å². The smallest absolute Gasteiger partial charge is 0.124 e. The molecular weight excluding hydrogens is 286 g/mol. The number of hydrogen-bond acceptors (Lipinski definition) is 2. The van der Waals surface area contributed by atoms with E-state index in [2.05, 4.69) is 32.8 Å². The van der Waals surface area contributed by atoms with Crippen LogP contribution in [0.5, 0.6) is 0 Å². The van der Waals surface area contributed by atoms with E-state index in [1.165, 1.54) is 0 Å². The Balaban J connectivity index is 2.79. The molecule has 4 heteroatoms. The highest BCUT2D eigenvalue weighted by Crippen LogP contribution is 2.17. The van der Waals surface area contributed by atoms with E-state index < -0.39 is 0 Å². The largest absolute Gasteiger partial charge is 0.149 e. The third kappa shape index (κ3) is 1.51. The Bertz CT molecular complexity index is 389. The molecule has 0 fully saturated rings. The first kappa shape index (κ1) is 8.19. The molecule has 2 aromatic rings. The second-order valence-electron chi connectivity index (χ2n) is 2.37. The van der Waals surface area contributed by atoms with Gasteiger partial charge in [0.05, 0.1) is 5.52 Å². The molecule has 0 unspecified atom stereocenters. The fourth-order valence-electron chi connectivity index (χ4n) is 0.984. The van der Waals surface area contributed by atoms with Crippen LogP contribution in [-0.2, 0) is 0 Å². The summed E-state index contributed by atoms with van der Waals surface area (Å²) in [5.41, 5.74) is 0.836. The summed E-state index contributed by atoms with van der Waals surface area (Å²) in [5.74, 6) is 0. The summed E-state index contributed by atoms with van der Waals surface area (Å²) >= 11 is 7.92. The highest BCUT2D eigenvalue weighted by molar-refractivity contribution is 14.1. The van der Waals surface area contributed by atoms with Crippen LogP contribution in [0.1, 0.15) is 0 Å². The van der Waals surface area contributed by atoms with Crippen LogP contribution in [-0.4, -0.2) is 10.2 Å². The number of benzene rings is 1. The quantitative estimate of drug-likeness (QED) is 0.697. The minimum absolute atomic E-state index is 0.693. The monoisotopic (exact) mass is 290 g/mol. The minimum Gasteiger partial charge on any atom is -0.149 e. The van der Waals surface area contributed by atoms with Gasteiger partial charge in [-0.1, -0.05) is 17.7 Å². The normalized spacial score (nSPS) is 10.5. The van der Waals surface area contributed by atoms with Crippen LogP contribution in [0, 0.1) is 3.70 Å². The fraction of sp³-hybridized carbons (Fsp3) is 0. The van der Waals surface area contributed by atoms with Crippen LogP contribution in [0.4, 0.5) is 0 Å². The summed E-state index contributed by atoms with van der Waals surface area (Å²) in [6, 6.07) is 7.56. The van der Waals surface area contributed by atoms with Crippen molar-refractivity contribution in [3.8, 4) is 0 Å². The van der Waals surface area contributed by atoms with Gasteiger partial charge in [0.25, 0.3) is 0 Å². The standard InChI is InChI=1S/C8H4ClIN2/c9-6-2-1-5-3-8(10)12-11-7(5)4-6/h1-4H. The summed E-state index contributed by atoms with van der Waals surface area (Å²) in [5, 5.41) is 9.69. The van der Waals surface area contributed by atoms with Gasteiger partial charge in [-0.3, -0.25) is 0 Å². The summed E-state index contributed by atoms with van der Waals surface area (Å²) in [7, 11) is 0. The van der Waals surface area contributed by atoms with E-state index in [-0.39, 0.29) is 0 Å². The van der Waals surface area contributed by atoms with Crippen LogP contribution in [0.2, 0.25) is 5.02 Å². The van der Waals surface area contributed by atoms with E-state index in [1.54, 1.807) is 6.07 Å². The van der Waals surface area contributed by atoms with Crippen molar-refractivity contribution in [1.29, 1.82) is 0 Å². The molecule has 1 heterocycles. The van der Waals surface area contributed by atoms with E-state index in [1.807, 2.05) is 18.2 Å². The first-order valence-electron chi connectivity index (χ1n) is 3.34. The maximum Gasteiger partial charge on any atom is 0.124 e. The molecule has 2 rings (SSSR count). The molecule has 0 aliphatic heterocycles. The van der Waals surface area contributed by atoms with Crippen LogP contribution >= 0.6 is 34.2 Å². The average Bonchev–Trinajstić information content (AvgIpc) is 2.05. The first-order chi connectivity index (χ1) is 5.75. The topological polar surface area (TPSA) is 25.8 Å². The summed E-state index contributed by atoms with van der Waals surface area (Å²) < 4.78 is 0.891. The molecule has 0 saturated heterocycles. The number of rotatable bonds is 0. The molecule has 0 amide bonds. The lowest BCUT2D eigenvalue weighted by Gasteiger charge is -1.96. The number of halogens is 2. The predicted molar refractivity (Wildman–Crippen MR) is 57.3 cm³/mol. The zero-order valence-electron chi connectivity index (χ0n) is 5.96. The van der Waals surface area contributed by atoms with Gasteiger partial charge < -0.3 is 0 Å². The second kappa shape index (κ2) is 3.14. The molecule has 0 spiro atoms. The third-order valence-corrected chi connectivity index (χ3v) is 2.28. The van der Waals surface area contributed by atoms with Crippen molar-refractivity contribution in [2.75, 3.05) is 0 Å². The molecule has 0 N–H and O–H groups in total. The van der Waals surface area contributed by atoms with Crippen LogP contribution in [0.3, 0.4) is 0 Å². The maximum atomic E-state index is 5.79. The lowest BCUT2D eigenvalue weighted by Crippen LogP contribution is -1.86. The zero-order chi connectivity index (χ0) is 8.55. The van der Waals surface area contributed by atoms with Crippen molar-refractivity contribution in [2.45, 2.75) is 0 Å². The van der Waals surface area contributed by atoms with Crippen molar-refractivity contribution in [1.82, 2.24) is 10.2 Å².